The van der Waals surface area contributed by atoms with Crippen molar-refractivity contribution in [2.75, 3.05) is 26.0 Å². The van der Waals surface area contributed by atoms with Crippen molar-refractivity contribution in [3.05, 3.63) is 47.3 Å². The average molecular weight is 539 g/mol. The van der Waals surface area contributed by atoms with E-state index >= 15 is 0 Å². The fourth-order valence-electron chi connectivity index (χ4n) is 2.29. The van der Waals surface area contributed by atoms with Gasteiger partial charge in [-0.25, -0.2) is 13.4 Å². The van der Waals surface area contributed by atoms with E-state index in [1.54, 1.807) is 24.6 Å². The van der Waals surface area contributed by atoms with Gasteiger partial charge in [0.15, 0.2) is 15.8 Å². The maximum absolute atomic E-state index is 12.2. The first-order valence-electron chi connectivity index (χ1n) is 8.54. The quantitative estimate of drug-likeness (QED) is 0.257. The van der Waals surface area contributed by atoms with E-state index in [2.05, 4.69) is 15.6 Å². The number of nitrogens with one attached hydrogen (secondary N) is 2. The highest BCUT2D eigenvalue weighted by Crippen LogP contribution is 2.18. The minimum Gasteiger partial charge on any atom is -0.497 e. The summed E-state index contributed by atoms with van der Waals surface area (Å²) in [4.78, 5) is 4.45. The van der Waals surface area contributed by atoms with Gasteiger partial charge in [-0.15, -0.1) is 35.3 Å². The lowest BCUT2D eigenvalue weighted by molar-refractivity contribution is 0.200. The van der Waals surface area contributed by atoms with Gasteiger partial charge in [0.1, 0.15) is 9.96 Å². The van der Waals surface area contributed by atoms with E-state index in [9.17, 15) is 13.5 Å². The normalized spacial score (nSPS) is 12.8. The molecule has 1 heterocycles. The number of hydrogen-bond acceptors (Lipinski definition) is 6. The first-order chi connectivity index (χ1) is 12.9. The molecule has 0 saturated heterocycles. The minimum absolute atomic E-state index is 0. The third-order valence-corrected chi connectivity index (χ3v) is 6.93. The molecular formula is C18H26IN3O4S2. The maximum Gasteiger partial charge on any atom is 0.191 e. The molecule has 1 aromatic heterocycles. The molecule has 0 bridgehead atoms. The third-order valence-electron chi connectivity index (χ3n) is 3.64. The molecule has 0 aliphatic heterocycles. The van der Waals surface area contributed by atoms with E-state index in [0.29, 0.717) is 19.0 Å². The summed E-state index contributed by atoms with van der Waals surface area (Å²) in [6.45, 7) is 3.11. The smallest absolute Gasteiger partial charge is 0.191 e. The van der Waals surface area contributed by atoms with Gasteiger partial charge >= 0.3 is 0 Å². The van der Waals surface area contributed by atoms with Crippen molar-refractivity contribution >= 4 is 51.1 Å². The number of sulfone groups is 1. The van der Waals surface area contributed by atoms with E-state index in [-0.39, 0.29) is 40.5 Å². The van der Waals surface area contributed by atoms with Crippen LogP contribution in [-0.4, -0.2) is 51.5 Å². The Morgan fingerprint density at radius 2 is 1.96 bits per heavy atom. The van der Waals surface area contributed by atoms with Crippen molar-refractivity contribution in [3.63, 3.8) is 0 Å². The molecule has 0 fully saturated rings. The number of methoxy groups -OCH3 is 1. The van der Waals surface area contributed by atoms with Gasteiger partial charge in [-0.2, -0.15) is 0 Å². The van der Waals surface area contributed by atoms with Crippen LogP contribution in [0.1, 0.15) is 12.5 Å². The molecule has 28 heavy (non-hydrogen) atoms. The summed E-state index contributed by atoms with van der Waals surface area (Å²) in [5.41, 5.74) is 1.01. The topological polar surface area (TPSA) is 100 Å². The monoisotopic (exact) mass is 539 g/mol. The summed E-state index contributed by atoms with van der Waals surface area (Å²) in [6.07, 6.45) is -1.04. The number of thiophene rings is 1. The van der Waals surface area contributed by atoms with Crippen LogP contribution in [0.3, 0.4) is 0 Å². The van der Waals surface area contributed by atoms with Crippen molar-refractivity contribution < 1.29 is 18.3 Å². The number of guanidine groups is 1. The van der Waals surface area contributed by atoms with Crippen LogP contribution < -0.4 is 15.4 Å². The number of ether oxygens (including phenoxy) is 1. The van der Waals surface area contributed by atoms with Crippen LogP contribution >= 0.6 is 35.3 Å². The van der Waals surface area contributed by atoms with Gasteiger partial charge in [-0.1, -0.05) is 18.2 Å². The molecule has 0 spiro atoms. The summed E-state index contributed by atoms with van der Waals surface area (Å²) in [5, 5.41) is 17.9. The van der Waals surface area contributed by atoms with Gasteiger partial charge in [0, 0.05) is 13.1 Å². The zero-order valence-electron chi connectivity index (χ0n) is 15.8. The van der Waals surface area contributed by atoms with Crippen molar-refractivity contribution in [1.82, 2.24) is 10.6 Å². The molecule has 2 aromatic rings. The lowest BCUT2D eigenvalue weighted by Crippen LogP contribution is -2.42. The number of aliphatic hydroxyl groups excluding tert-OH is 1. The van der Waals surface area contributed by atoms with E-state index in [0.717, 1.165) is 22.6 Å². The zero-order chi connectivity index (χ0) is 19.7. The molecule has 2 rings (SSSR count). The lowest BCUT2D eigenvalue weighted by atomic mass is 10.2. The van der Waals surface area contributed by atoms with Gasteiger partial charge < -0.3 is 20.5 Å². The van der Waals surface area contributed by atoms with Crippen LogP contribution in [0, 0.1) is 0 Å². The molecule has 0 amide bonds. The zero-order valence-corrected chi connectivity index (χ0v) is 19.8. The minimum atomic E-state index is -3.48. The Bertz CT molecular complexity index is 825. The van der Waals surface area contributed by atoms with Crippen LogP contribution in [0.15, 0.2) is 51.0 Å². The second-order valence-corrected chi connectivity index (χ2v) is 9.00. The van der Waals surface area contributed by atoms with E-state index in [4.69, 9.17) is 4.74 Å². The molecule has 0 radical (unpaired) electrons. The fraction of sp³-hybridized carbons (Fsp3) is 0.389. The van der Waals surface area contributed by atoms with Crippen molar-refractivity contribution in [2.45, 2.75) is 23.8 Å². The van der Waals surface area contributed by atoms with Crippen molar-refractivity contribution in [1.29, 1.82) is 0 Å². The second kappa shape index (κ2) is 12.2. The standard InChI is InChI=1S/C18H25N3O4S2.HI/c1-3-19-18(20-11-14-6-8-16(25-2)9-7-14)21-12-15(22)13-27(23,24)17-5-4-10-26-17;/h4-10,15,22H,3,11-13H2,1-2H3,(H2,19,20,21);1H. The number of rotatable bonds is 9. The van der Waals surface area contributed by atoms with E-state index < -0.39 is 15.9 Å². The Kier molecular flexibility index (Phi) is 10.8. The van der Waals surface area contributed by atoms with Crippen molar-refractivity contribution in [2.24, 2.45) is 4.99 Å². The van der Waals surface area contributed by atoms with Crippen molar-refractivity contribution in [3.8, 4) is 5.75 Å². The molecule has 1 unspecified atom stereocenters. The number of benzene rings is 1. The lowest BCUT2D eigenvalue weighted by Gasteiger charge is -2.15. The molecule has 156 valence electrons. The highest BCUT2D eigenvalue weighted by molar-refractivity contribution is 14.0. The molecule has 0 aliphatic carbocycles. The molecule has 1 aromatic carbocycles. The van der Waals surface area contributed by atoms with Crippen LogP contribution in [-0.2, 0) is 16.4 Å². The summed E-state index contributed by atoms with van der Waals surface area (Å²) >= 11 is 1.15. The SMILES string of the molecule is CCNC(=NCc1ccc(OC)cc1)NCC(O)CS(=O)(=O)c1cccs1.I. The average Bonchev–Trinajstić information content (AvgIpc) is 3.20. The molecule has 7 nitrogen and oxygen atoms in total. The Morgan fingerprint density at radius 3 is 2.54 bits per heavy atom. The van der Waals surface area contributed by atoms with Gasteiger partial charge in [0.25, 0.3) is 0 Å². The van der Waals surface area contributed by atoms with Gasteiger partial charge in [-0.05, 0) is 36.1 Å². The Hall–Kier alpha value is -1.37. The first kappa shape index (κ1) is 24.7. The predicted molar refractivity (Wildman–Crippen MR) is 124 cm³/mol. The highest BCUT2D eigenvalue weighted by Gasteiger charge is 2.20. The van der Waals surface area contributed by atoms with E-state index in [1.165, 1.54) is 0 Å². The summed E-state index contributed by atoms with van der Waals surface area (Å²) < 4.78 is 29.8. The Balaban J connectivity index is 0.00000392. The summed E-state index contributed by atoms with van der Waals surface area (Å²) in [7, 11) is -1.87. The van der Waals surface area contributed by atoms with E-state index in [1.807, 2.05) is 31.2 Å². The highest BCUT2D eigenvalue weighted by atomic mass is 127. The van der Waals surface area contributed by atoms with Crippen LogP contribution in [0.5, 0.6) is 5.75 Å². The Morgan fingerprint density at radius 1 is 1.25 bits per heavy atom. The number of aliphatic hydroxyl groups is 1. The third kappa shape index (κ3) is 7.94. The fourth-order valence-corrected chi connectivity index (χ4v) is 4.77. The number of halogens is 1. The van der Waals surface area contributed by atoms with Crippen LogP contribution in [0.4, 0.5) is 0 Å². The molecule has 3 N–H and O–H groups in total. The second-order valence-electron chi connectivity index (χ2n) is 5.79. The summed E-state index contributed by atoms with van der Waals surface area (Å²) in [6, 6.07) is 10.8. The number of hydrogen-bond donors (Lipinski definition) is 3. The van der Waals surface area contributed by atoms with Gasteiger partial charge in [0.2, 0.25) is 0 Å². The Labute approximate surface area is 187 Å². The number of nitrogens with zero attached hydrogens (tertiary/aromatic N) is 1. The molecule has 0 saturated carbocycles. The maximum atomic E-state index is 12.2. The van der Waals surface area contributed by atoms with Crippen LogP contribution in [0.2, 0.25) is 0 Å². The summed E-state index contributed by atoms with van der Waals surface area (Å²) in [5.74, 6) is 0.960. The van der Waals surface area contributed by atoms with Gasteiger partial charge in [0.05, 0.1) is 25.5 Å². The van der Waals surface area contributed by atoms with Crippen LogP contribution in [0.25, 0.3) is 0 Å². The van der Waals surface area contributed by atoms with Gasteiger partial charge in [-0.3, -0.25) is 0 Å². The molecular weight excluding hydrogens is 513 g/mol. The predicted octanol–water partition coefficient (Wildman–Crippen LogP) is 2.26. The molecule has 0 aliphatic rings. The first-order valence-corrected chi connectivity index (χ1v) is 11.1. The molecule has 1 atom stereocenters. The molecule has 10 heteroatoms. The number of aliphatic imine (C=N–C) groups is 1. The largest absolute Gasteiger partial charge is 0.497 e.